The molecule has 0 aliphatic heterocycles. The lowest BCUT2D eigenvalue weighted by Crippen LogP contribution is -2.22. The van der Waals surface area contributed by atoms with Gasteiger partial charge in [0.05, 0.1) is 12.3 Å². The summed E-state index contributed by atoms with van der Waals surface area (Å²) in [6.45, 7) is 9.13. The van der Waals surface area contributed by atoms with E-state index in [9.17, 15) is 4.79 Å². The molecule has 5 nitrogen and oxygen atoms in total. The second-order valence-corrected chi connectivity index (χ2v) is 10.3. The highest BCUT2D eigenvalue weighted by Gasteiger charge is 2.20. The van der Waals surface area contributed by atoms with Crippen LogP contribution in [0.3, 0.4) is 0 Å². The summed E-state index contributed by atoms with van der Waals surface area (Å²) in [6.07, 6.45) is 2.15. The summed E-state index contributed by atoms with van der Waals surface area (Å²) in [4.78, 5) is 17.0. The van der Waals surface area contributed by atoms with Crippen molar-refractivity contribution in [1.82, 2.24) is 4.98 Å². The van der Waals surface area contributed by atoms with Crippen molar-refractivity contribution in [3.05, 3.63) is 57.9 Å². The van der Waals surface area contributed by atoms with E-state index in [0.717, 1.165) is 46.5 Å². The zero-order valence-corrected chi connectivity index (χ0v) is 21.3. The highest BCUT2D eigenvalue weighted by atomic mass is 79.9. The van der Waals surface area contributed by atoms with Crippen LogP contribution < -0.4 is 14.8 Å². The molecule has 0 aliphatic rings. The first-order valence-corrected chi connectivity index (χ1v) is 12.3. The maximum atomic E-state index is 12.4. The molecule has 0 saturated heterocycles. The molecular formula is C25H29BrN2O3S. The smallest absolute Gasteiger partial charge is 0.264 e. The average Bonchev–Trinajstić information content (AvgIpc) is 3.21. The van der Waals surface area contributed by atoms with Crippen LogP contribution in [0.5, 0.6) is 11.5 Å². The van der Waals surface area contributed by atoms with E-state index in [2.05, 4.69) is 53.9 Å². The summed E-state index contributed by atoms with van der Waals surface area (Å²) in [7, 11) is 0. The molecule has 1 amide bonds. The van der Waals surface area contributed by atoms with Crippen molar-refractivity contribution in [2.24, 2.45) is 0 Å². The Kier molecular flexibility index (Phi) is 8.32. The number of nitrogens with zero attached hydrogens (tertiary/aromatic N) is 1. The van der Waals surface area contributed by atoms with E-state index in [1.165, 1.54) is 11.3 Å². The second-order valence-electron chi connectivity index (χ2n) is 8.49. The molecule has 1 aromatic heterocycles. The Morgan fingerprint density at radius 1 is 1.12 bits per heavy atom. The van der Waals surface area contributed by atoms with E-state index in [1.54, 1.807) is 0 Å². The minimum Gasteiger partial charge on any atom is -0.494 e. The van der Waals surface area contributed by atoms with Crippen LogP contribution in [0.15, 0.2) is 52.3 Å². The zero-order chi connectivity index (χ0) is 23.1. The maximum Gasteiger partial charge on any atom is 0.264 e. The summed E-state index contributed by atoms with van der Waals surface area (Å²) >= 11 is 4.89. The fourth-order valence-electron chi connectivity index (χ4n) is 3.03. The standard InChI is InChI=1S/C25H29BrN2O3S/c1-5-6-13-30-19-10-7-17(8-11-19)21-16-32-24(27-21)28-23(29)15-31-22-12-9-18(26)14-20(22)25(2,3)4/h7-12,14,16H,5-6,13,15H2,1-4H3,(H,27,28,29). The Hall–Kier alpha value is -2.38. The molecule has 1 heterocycles. The van der Waals surface area contributed by atoms with Gasteiger partial charge in [-0.3, -0.25) is 10.1 Å². The molecule has 0 atom stereocenters. The number of ether oxygens (including phenoxy) is 2. The first-order chi connectivity index (χ1) is 15.3. The van der Waals surface area contributed by atoms with Gasteiger partial charge < -0.3 is 9.47 Å². The van der Waals surface area contributed by atoms with E-state index in [4.69, 9.17) is 9.47 Å². The van der Waals surface area contributed by atoms with Crippen LogP contribution >= 0.6 is 27.3 Å². The van der Waals surface area contributed by atoms with Gasteiger partial charge in [0.2, 0.25) is 0 Å². The minimum atomic E-state index is -0.242. The van der Waals surface area contributed by atoms with Crippen molar-refractivity contribution in [2.45, 2.75) is 46.0 Å². The molecule has 2 aromatic carbocycles. The Labute approximate surface area is 202 Å². The van der Waals surface area contributed by atoms with E-state index in [1.807, 2.05) is 47.8 Å². The Bertz CT molecular complexity index is 1040. The van der Waals surface area contributed by atoms with Crippen LogP contribution in [-0.2, 0) is 10.2 Å². The SMILES string of the molecule is CCCCOc1ccc(-c2csc(NC(=O)COc3ccc(Br)cc3C(C)(C)C)n2)cc1. The number of aromatic nitrogens is 1. The highest BCUT2D eigenvalue weighted by Crippen LogP contribution is 2.33. The molecule has 0 fully saturated rings. The van der Waals surface area contributed by atoms with Crippen LogP contribution in [0, 0.1) is 0 Å². The number of anilines is 1. The van der Waals surface area contributed by atoms with Gasteiger partial charge in [0.15, 0.2) is 11.7 Å². The largest absolute Gasteiger partial charge is 0.494 e. The number of nitrogens with one attached hydrogen (secondary N) is 1. The number of hydrogen-bond acceptors (Lipinski definition) is 5. The first kappa shape index (κ1) is 24.3. The number of thiazole rings is 1. The predicted molar refractivity (Wildman–Crippen MR) is 135 cm³/mol. The van der Waals surface area contributed by atoms with E-state index in [-0.39, 0.29) is 17.9 Å². The molecule has 7 heteroatoms. The van der Waals surface area contributed by atoms with Crippen molar-refractivity contribution >= 4 is 38.3 Å². The molecule has 32 heavy (non-hydrogen) atoms. The number of hydrogen-bond donors (Lipinski definition) is 1. The quantitative estimate of drug-likeness (QED) is 0.309. The van der Waals surface area contributed by atoms with Crippen molar-refractivity contribution in [2.75, 3.05) is 18.5 Å². The number of halogens is 1. The summed E-state index contributed by atoms with van der Waals surface area (Å²) in [5.41, 5.74) is 2.73. The van der Waals surface area contributed by atoms with Gasteiger partial charge in [-0.05, 0) is 54.3 Å². The van der Waals surface area contributed by atoms with E-state index in [0.29, 0.717) is 10.9 Å². The number of unbranched alkanes of at least 4 members (excludes halogenated alkanes) is 1. The van der Waals surface area contributed by atoms with Crippen molar-refractivity contribution in [1.29, 1.82) is 0 Å². The molecule has 0 unspecified atom stereocenters. The third kappa shape index (κ3) is 6.81. The fourth-order valence-corrected chi connectivity index (χ4v) is 4.13. The maximum absolute atomic E-state index is 12.4. The highest BCUT2D eigenvalue weighted by molar-refractivity contribution is 9.10. The van der Waals surface area contributed by atoms with Crippen molar-refractivity contribution in [3.8, 4) is 22.8 Å². The van der Waals surface area contributed by atoms with Gasteiger partial charge in [-0.15, -0.1) is 11.3 Å². The Balaban J connectivity index is 1.57. The second kappa shape index (κ2) is 11.0. The summed E-state index contributed by atoms with van der Waals surface area (Å²) < 4.78 is 12.5. The van der Waals surface area contributed by atoms with Crippen LogP contribution in [-0.4, -0.2) is 24.1 Å². The molecule has 0 radical (unpaired) electrons. The van der Waals surface area contributed by atoms with Crippen LogP contribution in [0.25, 0.3) is 11.3 Å². The summed E-state index contributed by atoms with van der Waals surface area (Å²) in [5.74, 6) is 1.32. The number of benzene rings is 2. The number of rotatable bonds is 9. The summed E-state index contributed by atoms with van der Waals surface area (Å²) in [6, 6.07) is 13.7. The van der Waals surface area contributed by atoms with Crippen LogP contribution in [0.1, 0.15) is 46.1 Å². The molecule has 0 saturated carbocycles. The molecule has 0 bridgehead atoms. The first-order valence-electron chi connectivity index (χ1n) is 10.7. The van der Waals surface area contributed by atoms with E-state index < -0.39 is 0 Å². The number of carbonyl (C=O) groups excluding carboxylic acids is 1. The lowest BCUT2D eigenvalue weighted by Gasteiger charge is -2.23. The third-order valence-corrected chi connectivity index (χ3v) is 6.03. The molecular weight excluding hydrogens is 488 g/mol. The van der Waals surface area contributed by atoms with Gasteiger partial charge in [0.25, 0.3) is 5.91 Å². The lowest BCUT2D eigenvalue weighted by atomic mass is 9.86. The topological polar surface area (TPSA) is 60.5 Å². The number of carbonyl (C=O) groups is 1. The Morgan fingerprint density at radius 2 is 1.88 bits per heavy atom. The van der Waals surface area contributed by atoms with Gasteiger partial charge in [-0.2, -0.15) is 0 Å². The van der Waals surface area contributed by atoms with Crippen molar-refractivity contribution in [3.63, 3.8) is 0 Å². The average molecular weight is 517 g/mol. The van der Waals surface area contributed by atoms with Gasteiger partial charge in [-0.1, -0.05) is 50.0 Å². The number of amides is 1. The van der Waals surface area contributed by atoms with Gasteiger partial charge in [0, 0.05) is 21.0 Å². The molecule has 3 rings (SSSR count). The van der Waals surface area contributed by atoms with Gasteiger partial charge in [0.1, 0.15) is 11.5 Å². The predicted octanol–water partition coefficient (Wildman–Crippen LogP) is 7.07. The van der Waals surface area contributed by atoms with Gasteiger partial charge in [-0.25, -0.2) is 4.98 Å². The van der Waals surface area contributed by atoms with Gasteiger partial charge >= 0.3 is 0 Å². The minimum absolute atomic E-state index is 0.0799. The van der Waals surface area contributed by atoms with E-state index >= 15 is 0 Å². The molecule has 0 spiro atoms. The normalized spacial score (nSPS) is 11.3. The monoisotopic (exact) mass is 516 g/mol. The van der Waals surface area contributed by atoms with Crippen molar-refractivity contribution < 1.29 is 14.3 Å². The third-order valence-electron chi connectivity index (χ3n) is 4.78. The Morgan fingerprint density at radius 3 is 2.56 bits per heavy atom. The molecule has 0 aliphatic carbocycles. The summed E-state index contributed by atoms with van der Waals surface area (Å²) in [5, 5.41) is 5.30. The molecule has 1 N–H and O–H groups in total. The molecule has 170 valence electrons. The zero-order valence-electron chi connectivity index (χ0n) is 18.9. The molecule has 3 aromatic rings. The lowest BCUT2D eigenvalue weighted by molar-refractivity contribution is -0.118. The van der Waals surface area contributed by atoms with Crippen LogP contribution in [0.2, 0.25) is 0 Å². The fraction of sp³-hybridized carbons (Fsp3) is 0.360. The van der Waals surface area contributed by atoms with Crippen LogP contribution in [0.4, 0.5) is 5.13 Å².